The molecule has 8 nitrogen and oxygen atoms in total. The molecule has 0 spiro atoms. The fraction of sp³-hybridized carbons (Fsp3) is 0.562. The minimum Gasteiger partial charge on any atom is -0.452 e. The number of H-pyrrole nitrogens is 1. The van der Waals surface area contributed by atoms with E-state index in [1.165, 1.54) is 23.2 Å². The highest BCUT2D eigenvalue weighted by Gasteiger charge is 2.36. The van der Waals surface area contributed by atoms with Gasteiger partial charge in [0, 0.05) is 18.3 Å². The molecule has 1 aliphatic rings. The molecule has 2 rings (SSSR count). The van der Waals surface area contributed by atoms with Gasteiger partial charge in [-0.1, -0.05) is 6.92 Å². The molecule has 1 N–H and O–H groups in total. The number of sulfone groups is 1. The molecule has 1 saturated heterocycles. The summed E-state index contributed by atoms with van der Waals surface area (Å²) >= 11 is 0. The zero-order chi connectivity index (χ0) is 18.6. The van der Waals surface area contributed by atoms with E-state index >= 15 is 0 Å². The summed E-state index contributed by atoms with van der Waals surface area (Å²) in [5, 5.41) is 0. The van der Waals surface area contributed by atoms with Gasteiger partial charge < -0.3 is 14.6 Å². The predicted octanol–water partition coefficient (Wildman–Crippen LogP) is 0.346. The van der Waals surface area contributed by atoms with Gasteiger partial charge in [-0.05, 0) is 31.9 Å². The Kier molecular flexibility index (Phi) is 5.99. The summed E-state index contributed by atoms with van der Waals surface area (Å²) in [6.45, 7) is 3.19. The van der Waals surface area contributed by atoms with Crippen molar-refractivity contribution in [2.75, 3.05) is 18.1 Å². The molecule has 0 unspecified atom stereocenters. The van der Waals surface area contributed by atoms with Crippen LogP contribution in [0.25, 0.3) is 0 Å². The SMILES string of the molecule is CC[C@@H](C)N(C(=O)COC(=O)c1ccc[nH]c1=O)[C@H]1CCS(=O)(=O)C1. The summed E-state index contributed by atoms with van der Waals surface area (Å²) in [6.07, 6.45) is 2.41. The lowest BCUT2D eigenvalue weighted by Gasteiger charge is -2.33. The molecule has 138 valence electrons. The number of carbonyl (C=O) groups excluding carboxylic acids is 2. The second-order valence-electron chi connectivity index (χ2n) is 6.10. The number of ether oxygens (including phenoxy) is 1. The Morgan fingerprint density at radius 3 is 2.72 bits per heavy atom. The molecule has 9 heteroatoms. The van der Waals surface area contributed by atoms with Crippen LogP contribution in [0, 0.1) is 0 Å². The Morgan fingerprint density at radius 2 is 2.16 bits per heavy atom. The standard InChI is InChI=1S/C16H22N2O6S/c1-3-11(2)18(12-6-8-25(22,23)10-12)14(19)9-24-16(21)13-5-4-7-17-15(13)20/h4-5,7,11-12H,3,6,8-10H2,1-2H3,(H,17,20)/t11-,12+/m1/s1. The number of hydrogen-bond acceptors (Lipinski definition) is 6. The number of nitrogens with one attached hydrogen (secondary N) is 1. The summed E-state index contributed by atoms with van der Waals surface area (Å²) < 4.78 is 28.4. The van der Waals surface area contributed by atoms with Crippen molar-refractivity contribution in [3.8, 4) is 0 Å². The van der Waals surface area contributed by atoms with E-state index in [9.17, 15) is 22.8 Å². The highest BCUT2D eigenvalue weighted by molar-refractivity contribution is 7.91. The van der Waals surface area contributed by atoms with Crippen LogP contribution in [0.15, 0.2) is 23.1 Å². The summed E-state index contributed by atoms with van der Waals surface area (Å²) in [6, 6.07) is 2.20. The molecule has 0 aliphatic carbocycles. The fourth-order valence-electron chi connectivity index (χ4n) is 2.86. The lowest BCUT2D eigenvalue weighted by molar-refractivity contribution is -0.138. The van der Waals surface area contributed by atoms with Crippen LogP contribution >= 0.6 is 0 Å². The molecule has 1 fully saturated rings. The maximum atomic E-state index is 12.5. The quantitative estimate of drug-likeness (QED) is 0.723. The predicted molar refractivity (Wildman–Crippen MR) is 91.0 cm³/mol. The molecule has 2 atom stereocenters. The van der Waals surface area contributed by atoms with Crippen molar-refractivity contribution in [3.05, 3.63) is 34.2 Å². The normalized spacial score (nSPS) is 20.0. The molecule has 1 aromatic rings. The van der Waals surface area contributed by atoms with E-state index in [1.54, 1.807) is 0 Å². The van der Waals surface area contributed by atoms with Crippen LogP contribution in [0.4, 0.5) is 0 Å². The van der Waals surface area contributed by atoms with Crippen LogP contribution in [0.2, 0.25) is 0 Å². The van der Waals surface area contributed by atoms with Gasteiger partial charge in [-0.2, -0.15) is 0 Å². The van der Waals surface area contributed by atoms with Crippen molar-refractivity contribution in [3.63, 3.8) is 0 Å². The van der Waals surface area contributed by atoms with Gasteiger partial charge in [0.25, 0.3) is 11.5 Å². The first-order valence-corrected chi connectivity index (χ1v) is 9.93. The fourth-order valence-corrected chi connectivity index (χ4v) is 4.57. The molecule has 0 radical (unpaired) electrons. The first-order chi connectivity index (χ1) is 11.7. The number of nitrogens with zero attached hydrogens (tertiary/aromatic N) is 1. The Labute approximate surface area is 146 Å². The van der Waals surface area contributed by atoms with E-state index in [2.05, 4.69) is 4.98 Å². The van der Waals surface area contributed by atoms with Crippen molar-refractivity contribution < 1.29 is 22.7 Å². The number of carbonyl (C=O) groups is 2. The Hall–Kier alpha value is -2.16. The maximum absolute atomic E-state index is 12.5. The third-order valence-electron chi connectivity index (χ3n) is 4.32. The molecule has 1 aromatic heterocycles. The molecular weight excluding hydrogens is 348 g/mol. The van der Waals surface area contributed by atoms with Gasteiger partial charge in [0.05, 0.1) is 11.5 Å². The molecule has 1 amide bonds. The summed E-state index contributed by atoms with van der Waals surface area (Å²) in [4.78, 5) is 39.9. The van der Waals surface area contributed by atoms with E-state index in [0.717, 1.165) is 0 Å². The highest BCUT2D eigenvalue weighted by atomic mass is 32.2. The zero-order valence-electron chi connectivity index (χ0n) is 14.2. The second-order valence-corrected chi connectivity index (χ2v) is 8.33. The van der Waals surface area contributed by atoms with Crippen LogP contribution < -0.4 is 5.56 Å². The van der Waals surface area contributed by atoms with Crippen molar-refractivity contribution >= 4 is 21.7 Å². The second kappa shape index (κ2) is 7.81. The monoisotopic (exact) mass is 370 g/mol. The van der Waals surface area contributed by atoms with Gasteiger partial charge in [0.2, 0.25) is 0 Å². The number of esters is 1. The molecule has 1 aliphatic heterocycles. The molecular formula is C16H22N2O6S. The van der Waals surface area contributed by atoms with Crippen LogP contribution in [-0.4, -0.2) is 60.4 Å². The molecule has 0 saturated carbocycles. The highest BCUT2D eigenvalue weighted by Crippen LogP contribution is 2.21. The zero-order valence-corrected chi connectivity index (χ0v) is 15.0. The molecule has 0 bridgehead atoms. The van der Waals surface area contributed by atoms with Crippen molar-refractivity contribution in [2.24, 2.45) is 0 Å². The summed E-state index contributed by atoms with van der Waals surface area (Å²) in [7, 11) is -3.14. The average Bonchev–Trinajstić information content (AvgIpc) is 2.92. The third-order valence-corrected chi connectivity index (χ3v) is 6.07. The van der Waals surface area contributed by atoms with Gasteiger partial charge in [-0.25, -0.2) is 13.2 Å². The molecule has 0 aromatic carbocycles. The van der Waals surface area contributed by atoms with Crippen molar-refractivity contribution in [1.29, 1.82) is 0 Å². The number of rotatable bonds is 6. The van der Waals surface area contributed by atoms with E-state index in [0.29, 0.717) is 12.8 Å². The lowest BCUT2D eigenvalue weighted by atomic mass is 10.1. The van der Waals surface area contributed by atoms with Crippen LogP contribution in [-0.2, 0) is 19.4 Å². The van der Waals surface area contributed by atoms with E-state index in [4.69, 9.17) is 4.74 Å². The smallest absolute Gasteiger partial charge is 0.344 e. The topological polar surface area (TPSA) is 114 Å². The van der Waals surface area contributed by atoms with Gasteiger partial charge in [-0.3, -0.25) is 9.59 Å². The number of amides is 1. The van der Waals surface area contributed by atoms with Gasteiger partial charge in [-0.15, -0.1) is 0 Å². The van der Waals surface area contributed by atoms with Gasteiger partial charge in [0.15, 0.2) is 16.4 Å². The van der Waals surface area contributed by atoms with Crippen LogP contribution in [0.5, 0.6) is 0 Å². The van der Waals surface area contributed by atoms with E-state index in [1.807, 2.05) is 13.8 Å². The Balaban J connectivity index is 2.06. The minimum absolute atomic E-state index is 0.0526. The van der Waals surface area contributed by atoms with Crippen molar-refractivity contribution in [2.45, 2.75) is 38.8 Å². The number of hydrogen-bond donors (Lipinski definition) is 1. The third kappa shape index (κ3) is 4.68. The van der Waals surface area contributed by atoms with Gasteiger partial charge in [0.1, 0.15) is 5.56 Å². The minimum atomic E-state index is -3.14. The Bertz CT molecular complexity index is 801. The maximum Gasteiger partial charge on any atom is 0.344 e. The average molecular weight is 370 g/mol. The first-order valence-electron chi connectivity index (χ1n) is 8.11. The Morgan fingerprint density at radius 1 is 1.44 bits per heavy atom. The van der Waals surface area contributed by atoms with E-state index < -0.39 is 39.9 Å². The molecule has 2 heterocycles. The lowest BCUT2D eigenvalue weighted by Crippen LogP contribution is -2.48. The summed E-state index contributed by atoms with van der Waals surface area (Å²) in [5.74, 6) is -1.37. The van der Waals surface area contributed by atoms with Crippen molar-refractivity contribution in [1.82, 2.24) is 9.88 Å². The number of pyridine rings is 1. The number of aromatic nitrogens is 1. The van der Waals surface area contributed by atoms with E-state index in [-0.39, 0.29) is 23.1 Å². The number of aromatic amines is 1. The largest absolute Gasteiger partial charge is 0.452 e. The molecule has 25 heavy (non-hydrogen) atoms. The van der Waals surface area contributed by atoms with Gasteiger partial charge >= 0.3 is 5.97 Å². The van der Waals surface area contributed by atoms with Crippen LogP contribution in [0.1, 0.15) is 37.0 Å². The summed E-state index contributed by atoms with van der Waals surface area (Å²) in [5.41, 5.74) is -0.783. The van der Waals surface area contributed by atoms with Crippen LogP contribution in [0.3, 0.4) is 0 Å². The first kappa shape index (κ1) is 19.2.